The molecule has 0 heterocycles. The van der Waals surface area contributed by atoms with E-state index < -0.39 is 0 Å². The molecule has 1 aliphatic rings. The third kappa shape index (κ3) is 2.85. The Morgan fingerprint density at radius 3 is 2.36 bits per heavy atom. The molecule has 0 aliphatic heterocycles. The standard InChI is InChI=1S/C13H18O/c1-2-11-3-5-12(6-4-11)9-14-10-13-7-8-13/h3-6,13H,2,7-10H2,1H3. The van der Waals surface area contributed by atoms with Crippen molar-refractivity contribution in [1.29, 1.82) is 0 Å². The van der Waals surface area contributed by atoms with Crippen LogP contribution in [0.4, 0.5) is 0 Å². The second kappa shape index (κ2) is 4.61. The second-order valence-corrected chi connectivity index (χ2v) is 4.13. The Balaban J connectivity index is 1.77. The number of hydrogen-bond acceptors (Lipinski definition) is 1. The number of aryl methyl sites for hydroxylation is 1. The highest BCUT2D eigenvalue weighted by atomic mass is 16.5. The number of benzene rings is 1. The van der Waals surface area contributed by atoms with Gasteiger partial charge in [0.15, 0.2) is 0 Å². The Morgan fingerprint density at radius 2 is 1.79 bits per heavy atom. The molecule has 1 fully saturated rings. The smallest absolute Gasteiger partial charge is 0.0717 e. The first-order chi connectivity index (χ1) is 6.88. The molecule has 0 saturated heterocycles. The lowest BCUT2D eigenvalue weighted by molar-refractivity contribution is 0.111. The fourth-order valence-electron chi connectivity index (χ4n) is 1.50. The maximum atomic E-state index is 5.62. The molecule has 0 N–H and O–H groups in total. The topological polar surface area (TPSA) is 9.23 Å². The summed E-state index contributed by atoms with van der Waals surface area (Å²) in [6.07, 6.45) is 3.85. The molecule has 1 aromatic rings. The molecule has 1 nitrogen and oxygen atoms in total. The average molecular weight is 190 g/mol. The van der Waals surface area contributed by atoms with E-state index in [9.17, 15) is 0 Å². The lowest BCUT2D eigenvalue weighted by Crippen LogP contribution is -1.96. The van der Waals surface area contributed by atoms with Crippen LogP contribution in [0, 0.1) is 5.92 Å². The SMILES string of the molecule is CCc1ccc(COCC2CC2)cc1. The van der Waals surface area contributed by atoms with E-state index in [4.69, 9.17) is 4.74 Å². The lowest BCUT2D eigenvalue weighted by atomic mass is 10.1. The normalized spacial score (nSPS) is 15.8. The molecular formula is C13H18O. The fraction of sp³-hybridized carbons (Fsp3) is 0.538. The van der Waals surface area contributed by atoms with Gasteiger partial charge in [-0.15, -0.1) is 0 Å². The Bertz CT molecular complexity index is 272. The molecule has 0 amide bonds. The van der Waals surface area contributed by atoms with Gasteiger partial charge in [-0.1, -0.05) is 31.2 Å². The zero-order valence-corrected chi connectivity index (χ0v) is 8.83. The van der Waals surface area contributed by atoms with Crippen LogP contribution in [0.3, 0.4) is 0 Å². The minimum absolute atomic E-state index is 0.778. The number of rotatable bonds is 5. The maximum absolute atomic E-state index is 5.62. The van der Waals surface area contributed by atoms with Crippen molar-refractivity contribution >= 4 is 0 Å². The first kappa shape index (κ1) is 9.72. The zero-order valence-electron chi connectivity index (χ0n) is 8.83. The van der Waals surface area contributed by atoms with E-state index in [1.807, 2.05) is 0 Å². The average Bonchev–Trinajstić information content (AvgIpc) is 3.03. The van der Waals surface area contributed by atoms with E-state index in [0.29, 0.717) is 0 Å². The Labute approximate surface area is 86.1 Å². The molecule has 0 radical (unpaired) electrons. The van der Waals surface area contributed by atoms with Crippen molar-refractivity contribution in [3.63, 3.8) is 0 Å². The molecule has 1 saturated carbocycles. The van der Waals surface area contributed by atoms with Crippen molar-refractivity contribution in [2.24, 2.45) is 5.92 Å². The van der Waals surface area contributed by atoms with Gasteiger partial charge in [0.05, 0.1) is 6.61 Å². The second-order valence-electron chi connectivity index (χ2n) is 4.13. The van der Waals surface area contributed by atoms with Crippen LogP contribution in [-0.4, -0.2) is 6.61 Å². The fourth-order valence-corrected chi connectivity index (χ4v) is 1.50. The molecule has 1 heteroatoms. The Morgan fingerprint density at radius 1 is 1.14 bits per heavy atom. The first-order valence-corrected chi connectivity index (χ1v) is 5.54. The molecule has 14 heavy (non-hydrogen) atoms. The Hall–Kier alpha value is -0.820. The third-order valence-electron chi connectivity index (χ3n) is 2.75. The maximum Gasteiger partial charge on any atom is 0.0717 e. The van der Waals surface area contributed by atoms with E-state index in [2.05, 4.69) is 31.2 Å². The summed E-state index contributed by atoms with van der Waals surface area (Å²) in [5.74, 6) is 0.866. The summed E-state index contributed by atoms with van der Waals surface area (Å²) < 4.78 is 5.62. The van der Waals surface area contributed by atoms with Gasteiger partial charge in [-0.25, -0.2) is 0 Å². The van der Waals surface area contributed by atoms with Crippen LogP contribution in [0.2, 0.25) is 0 Å². The molecule has 0 spiro atoms. The summed E-state index contributed by atoms with van der Waals surface area (Å²) in [6, 6.07) is 8.73. The van der Waals surface area contributed by atoms with Crippen molar-refractivity contribution in [3.8, 4) is 0 Å². The van der Waals surface area contributed by atoms with Crippen LogP contribution in [0.1, 0.15) is 30.9 Å². The summed E-state index contributed by atoms with van der Waals surface area (Å²) in [6.45, 7) is 3.91. The van der Waals surface area contributed by atoms with Crippen molar-refractivity contribution in [2.75, 3.05) is 6.61 Å². The summed E-state index contributed by atoms with van der Waals surface area (Å²) >= 11 is 0. The summed E-state index contributed by atoms with van der Waals surface area (Å²) in [4.78, 5) is 0. The molecule has 76 valence electrons. The van der Waals surface area contributed by atoms with Gasteiger partial charge in [0.1, 0.15) is 0 Å². The summed E-state index contributed by atoms with van der Waals surface area (Å²) in [5.41, 5.74) is 2.69. The largest absolute Gasteiger partial charge is 0.376 e. The molecule has 1 aromatic carbocycles. The molecule has 0 bridgehead atoms. The summed E-state index contributed by atoms with van der Waals surface area (Å²) in [7, 11) is 0. The van der Waals surface area contributed by atoms with Gasteiger partial charge in [0.2, 0.25) is 0 Å². The molecule has 2 rings (SSSR count). The van der Waals surface area contributed by atoms with Gasteiger partial charge in [-0.05, 0) is 36.3 Å². The van der Waals surface area contributed by atoms with E-state index in [1.165, 1.54) is 24.0 Å². The number of ether oxygens (including phenoxy) is 1. The van der Waals surface area contributed by atoms with Crippen molar-refractivity contribution in [2.45, 2.75) is 32.8 Å². The molecule has 0 atom stereocenters. The van der Waals surface area contributed by atoms with Crippen LogP contribution in [0.5, 0.6) is 0 Å². The summed E-state index contributed by atoms with van der Waals surface area (Å²) in [5, 5.41) is 0. The monoisotopic (exact) mass is 190 g/mol. The minimum Gasteiger partial charge on any atom is -0.376 e. The third-order valence-corrected chi connectivity index (χ3v) is 2.75. The number of hydrogen-bond donors (Lipinski definition) is 0. The lowest BCUT2D eigenvalue weighted by Gasteiger charge is -2.04. The van der Waals surface area contributed by atoms with E-state index in [0.717, 1.165) is 25.6 Å². The van der Waals surface area contributed by atoms with Gasteiger partial charge in [0.25, 0.3) is 0 Å². The van der Waals surface area contributed by atoms with Gasteiger partial charge in [-0.3, -0.25) is 0 Å². The highest BCUT2D eigenvalue weighted by Gasteiger charge is 2.20. The molecular weight excluding hydrogens is 172 g/mol. The quantitative estimate of drug-likeness (QED) is 0.693. The highest BCUT2D eigenvalue weighted by Crippen LogP contribution is 2.29. The predicted molar refractivity (Wildman–Crippen MR) is 58.2 cm³/mol. The predicted octanol–water partition coefficient (Wildman–Crippen LogP) is 3.18. The molecule has 0 unspecified atom stereocenters. The molecule has 0 aromatic heterocycles. The van der Waals surface area contributed by atoms with Gasteiger partial charge < -0.3 is 4.74 Å². The molecule has 1 aliphatic carbocycles. The van der Waals surface area contributed by atoms with E-state index in [1.54, 1.807) is 0 Å². The Kier molecular flexibility index (Phi) is 3.20. The van der Waals surface area contributed by atoms with Crippen LogP contribution < -0.4 is 0 Å². The van der Waals surface area contributed by atoms with Crippen LogP contribution in [0.15, 0.2) is 24.3 Å². The first-order valence-electron chi connectivity index (χ1n) is 5.54. The van der Waals surface area contributed by atoms with Gasteiger partial charge in [-0.2, -0.15) is 0 Å². The highest BCUT2D eigenvalue weighted by molar-refractivity contribution is 5.21. The van der Waals surface area contributed by atoms with Crippen molar-refractivity contribution in [3.05, 3.63) is 35.4 Å². The van der Waals surface area contributed by atoms with Crippen molar-refractivity contribution in [1.82, 2.24) is 0 Å². The van der Waals surface area contributed by atoms with Crippen LogP contribution in [-0.2, 0) is 17.8 Å². The van der Waals surface area contributed by atoms with Crippen molar-refractivity contribution < 1.29 is 4.74 Å². The zero-order chi connectivity index (χ0) is 9.80. The van der Waals surface area contributed by atoms with Crippen LogP contribution >= 0.6 is 0 Å². The minimum atomic E-state index is 0.778. The van der Waals surface area contributed by atoms with E-state index in [-0.39, 0.29) is 0 Å². The van der Waals surface area contributed by atoms with Gasteiger partial charge >= 0.3 is 0 Å². The van der Waals surface area contributed by atoms with Gasteiger partial charge in [0, 0.05) is 6.61 Å². The van der Waals surface area contributed by atoms with Crippen LogP contribution in [0.25, 0.3) is 0 Å². The van der Waals surface area contributed by atoms with E-state index >= 15 is 0 Å².